The highest BCUT2D eigenvalue weighted by atomic mass is 16.5. The molecular weight excluding hydrogens is 366 g/mol. The van der Waals surface area contributed by atoms with Crippen molar-refractivity contribution in [2.45, 2.75) is 19.6 Å². The van der Waals surface area contributed by atoms with Crippen LogP contribution in [0.2, 0.25) is 0 Å². The highest BCUT2D eigenvalue weighted by molar-refractivity contribution is 5.77. The van der Waals surface area contributed by atoms with E-state index in [4.69, 9.17) is 4.74 Å². The van der Waals surface area contributed by atoms with E-state index in [1.54, 1.807) is 19.4 Å². The van der Waals surface area contributed by atoms with Crippen molar-refractivity contribution in [3.8, 4) is 5.75 Å². The van der Waals surface area contributed by atoms with Crippen LogP contribution in [0.4, 0.5) is 0 Å². The van der Waals surface area contributed by atoms with Crippen LogP contribution >= 0.6 is 0 Å². The van der Waals surface area contributed by atoms with Crippen LogP contribution in [0.1, 0.15) is 17.0 Å². The summed E-state index contributed by atoms with van der Waals surface area (Å²) in [5, 5.41) is 4.88. The lowest BCUT2D eigenvalue weighted by molar-refractivity contribution is 0.310. The molecule has 2 aromatic heterocycles. The van der Waals surface area contributed by atoms with Crippen LogP contribution in [0.3, 0.4) is 0 Å². The molecule has 148 valence electrons. The maximum Gasteiger partial charge on any atom is 0.258 e. The Labute approximate surface area is 168 Å². The van der Waals surface area contributed by atoms with Gasteiger partial charge in [-0.05, 0) is 42.9 Å². The van der Waals surface area contributed by atoms with Crippen molar-refractivity contribution in [1.29, 1.82) is 0 Å². The van der Waals surface area contributed by atoms with Crippen molar-refractivity contribution in [2.75, 3.05) is 14.2 Å². The van der Waals surface area contributed by atoms with Crippen LogP contribution in [0.25, 0.3) is 10.9 Å². The Bertz CT molecular complexity index is 1170. The molecule has 0 unspecified atom stereocenters. The number of hydrogen-bond acceptors (Lipinski definition) is 5. The number of nitrogens with one attached hydrogen (secondary N) is 1. The molecule has 0 radical (unpaired) electrons. The van der Waals surface area contributed by atoms with E-state index < -0.39 is 0 Å². The summed E-state index contributed by atoms with van der Waals surface area (Å²) in [5.41, 5.74) is 2.83. The normalized spacial score (nSPS) is 11.3. The van der Waals surface area contributed by atoms with Gasteiger partial charge in [0.15, 0.2) is 0 Å². The molecule has 0 amide bonds. The minimum Gasteiger partial charge on any atom is -0.496 e. The smallest absolute Gasteiger partial charge is 0.258 e. The first-order valence-electron chi connectivity index (χ1n) is 9.42. The topological polar surface area (TPSA) is 76.0 Å². The standard InChI is InChI=1S/C22H23N5O2/c1-26(15-21-24-19-7-4-3-6-18(19)22(28)25-21)13-16-8-9-20(29-2)17(12-16)14-27-11-5-10-23-27/h3-12H,13-15H2,1-2H3,(H,24,25,28). The Morgan fingerprint density at radius 2 is 2.00 bits per heavy atom. The van der Waals surface area contributed by atoms with Gasteiger partial charge in [-0.1, -0.05) is 18.2 Å². The number of H-pyrrole nitrogens is 1. The first-order chi connectivity index (χ1) is 14.1. The quantitative estimate of drug-likeness (QED) is 0.526. The molecule has 2 aromatic carbocycles. The second-order valence-electron chi connectivity index (χ2n) is 7.05. The average Bonchev–Trinajstić information content (AvgIpc) is 3.21. The molecule has 0 aliphatic carbocycles. The number of hydrogen-bond donors (Lipinski definition) is 1. The van der Waals surface area contributed by atoms with E-state index in [1.165, 1.54) is 0 Å². The van der Waals surface area contributed by atoms with Crippen LogP contribution in [-0.4, -0.2) is 38.8 Å². The summed E-state index contributed by atoms with van der Waals surface area (Å²) in [6.07, 6.45) is 3.70. The summed E-state index contributed by atoms with van der Waals surface area (Å²) in [5.74, 6) is 1.49. The van der Waals surface area contributed by atoms with E-state index in [-0.39, 0.29) is 5.56 Å². The van der Waals surface area contributed by atoms with Crippen LogP contribution in [0.5, 0.6) is 5.75 Å². The van der Waals surface area contributed by atoms with Crippen molar-refractivity contribution < 1.29 is 4.74 Å². The molecule has 0 saturated heterocycles. The number of aromatic nitrogens is 4. The van der Waals surface area contributed by atoms with E-state index >= 15 is 0 Å². The third-order valence-corrected chi connectivity index (χ3v) is 4.77. The monoisotopic (exact) mass is 389 g/mol. The van der Waals surface area contributed by atoms with E-state index in [1.807, 2.05) is 48.3 Å². The van der Waals surface area contributed by atoms with Crippen LogP contribution in [0, 0.1) is 0 Å². The first kappa shape index (κ1) is 18.9. The van der Waals surface area contributed by atoms with Gasteiger partial charge in [-0.25, -0.2) is 4.98 Å². The van der Waals surface area contributed by atoms with Gasteiger partial charge in [0.2, 0.25) is 0 Å². The molecule has 7 heteroatoms. The Morgan fingerprint density at radius 1 is 1.14 bits per heavy atom. The third kappa shape index (κ3) is 4.35. The number of methoxy groups -OCH3 is 1. The van der Waals surface area contributed by atoms with Crippen molar-refractivity contribution in [2.24, 2.45) is 0 Å². The van der Waals surface area contributed by atoms with Gasteiger partial charge in [-0.2, -0.15) is 5.10 Å². The van der Waals surface area contributed by atoms with Gasteiger partial charge < -0.3 is 9.72 Å². The van der Waals surface area contributed by atoms with Crippen molar-refractivity contribution in [3.63, 3.8) is 0 Å². The third-order valence-electron chi connectivity index (χ3n) is 4.77. The second-order valence-corrected chi connectivity index (χ2v) is 7.05. The number of ether oxygens (including phenoxy) is 1. The van der Waals surface area contributed by atoms with Gasteiger partial charge >= 0.3 is 0 Å². The number of fused-ring (bicyclic) bond motifs is 1. The Kier molecular flexibility index (Phi) is 5.39. The molecule has 7 nitrogen and oxygen atoms in total. The Hall–Kier alpha value is -3.45. The van der Waals surface area contributed by atoms with Gasteiger partial charge in [0, 0.05) is 24.5 Å². The molecule has 0 saturated carbocycles. The summed E-state index contributed by atoms with van der Waals surface area (Å²) in [4.78, 5) is 21.9. The highest BCUT2D eigenvalue weighted by Gasteiger charge is 2.10. The lowest BCUT2D eigenvalue weighted by Gasteiger charge is -2.18. The molecule has 4 rings (SSSR count). The van der Waals surface area contributed by atoms with Gasteiger partial charge in [0.05, 0.1) is 31.1 Å². The van der Waals surface area contributed by atoms with E-state index in [2.05, 4.69) is 32.1 Å². The average molecular weight is 389 g/mol. The Morgan fingerprint density at radius 3 is 2.79 bits per heavy atom. The maximum atomic E-state index is 12.3. The molecule has 0 fully saturated rings. The second kappa shape index (κ2) is 8.28. The number of benzene rings is 2. The minimum atomic E-state index is -0.107. The number of aromatic amines is 1. The lowest BCUT2D eigenvalue weighted by Crippen LogP contribution is -2.22. The van der Waals surface area contributed by atoms with Crippen molar-refractivity contribution >= 4 is 10.9 Å². The number of nitrogens with zero attached hydrogens (tertiary/aromatic N) is 4. The molecule has 2 heterocycles. The molecule has 0 atom stereocenters. The molecule has 0 aliphatic rings. The van der Waals surface area contributed by atoms with Crippen molar-refractivity contribution in [1.82, 2.24) is 24.6 Å². The fraction of sp³-hybridized carbons (Fsp3) is 0.227. The van der Waals surface area contributed by atoms with E-state index in [0.29, 0.717) is 36.4 Å². The summed E-state index contributed by atoms with van der Waals surface area (Å²) < 4.78 is 7.37. The summed E-state index contributed by atoms with van der Waals surface area (Å²) in [6.45, 7) is 1.90. The summed E-state index contributed by atoms with van der Waals surface area (Å²) in [6, 6.07) is 15.5. The van der Waals surface area contributed by atoms with Crippen LogP contribution < -0.4 is 10.3 Å². The minimum absolute atomic E-state index is 0.107. The predicted octanol–water partition coefficient (Wildman–Crippen LogP) is 2.81. The maximum absolute atomic E-state index is 12.3. The zero-order chi connectivity index (χ0) is 20.2. The first-order valence-corrected chi connectivity index (χ1v) is 9.42. The van der Waals surface area contributed by atoms with Crippen LogP contribution in [-0.2, 0) is 19.6 Å². The Balaban J connectivity index is 1.51. The molecule has 0 bridgehead atoms. The van der Waals surface area contributed by atoms with Crippen molar-refractivity contribution in [3.05, 3.63) is 88.2 Å². The number of para-hydroxylation sites is 1. The zero-order valence-corrected chi connectivity index (χ0v) is 16.5. The predicted molar refractivity (Wildman–Crippen MR) is 112 cm³/mol. The fourth-order valence-corrected chi connectivity index (χ4v) is 3.46. The fourth-order valence-electron chi connectivity index (χ4n) is 3.46. The van der Waals surface area contributed by atoms with Gasteiger partial charge in [0.25, 0.3) is 5.56 Å². The van der Waals surface area contributed by atoms with E-state index in [0.717, 1.165) is 16.9 Å². The van der Waals surface area contributed by atoms with E-state index in [9.17, 15) is 4.79 Å². The molecule has 29 heavy (non-hydrogen) atoms. The molecule has 4 aromatic rings. The molecule has 0 spiro atoms. The molecular formula is C22H23N5O2. The highest BCUT2D eigenvalue weighted by Crippen LogP contribution is 2.22. The zero-order valence-electron chi connectivity index (χ0n) is 16.5. The van der Waals surface area contributed by atoms with Gasteiger partial charge in [-0.3, -0.25) is 14.4 Å². The SMILES string of the molecule is COc1ccc(CN(C)Cc2nc3ccccc3c(=O)[nH]2)cc1Cn1cccn1. The largest absolute Gasteiger partial charge is 0.496 e. The van der Waals surface area contributed by atoms with Crippen LogP contribution in [0.15, 0.2) is 65.7 Å². The number of rotatable bonds is 7. The molecule has 0 aliphatic heterocycles. The lowest BCUT2D eigenvalue weighted by atomic mass is 10.1. The van der Waals surface area contributed by atoms with Gasteiger partial charge in [-0.15, -0.1) is 0 Å². The molecule has 1 N–H and O–H groups in total. The van der Waals surface area contributed by atoms with Gasteiger partial charge in [0.1, 0.15) is 11.6 Å². The summed E-state index contributed by atoms with van der Waals surface area (Å²) >= 11 is 0. The summed E-state index contributed by atoms with van der Waals surface area (Å²) in [7, 11) is 3.68.